The molecular formula is C7H9N3. The van der Waals surface area contributed by atoms with Crippen molar-refractivity contribution >= 4 is 0 Å². The predicted molar refractivity (Wildman–Crippen MR) is 36.5 cm³/mol. The molecule has 1 aliphatic carbocycles. The van der Waals surface area contributed by atoms with Crippen LogP contribution in [-0.4, -0.2) is 17.6 Å². The van der Waals surface area contributed by atoms with Crippen LogP contribution in [0.25, 0.3) is 0 Å². The number of hydrazine groups is 1. The normalized spacial score (nSPS) is 36.1. The minimum Gasteiger partial charge on any atom is -0.244 e. The van der Waals surface area contributed by atoms with Crippen LogP contribution in [0.2, 0.25) is 0 Å². The van der Waals surface area contributed by atoms with Gasteiger partial charge in [0.25, 0.3) is 0 Å². The van der Waals surface area contributed by atoms with Crippen LogP contribution in [-0.2, 0) is 0 Å². The van der Waals surface area contributed by atoms with Crippen molar-refractivity contribution in [2.75, 3.05) is 6.54 Å². The molecule has 0 aromatic carbocycles. The molecule has 10 heavy (non-hydrogen) atoms. The summed E-state index contributed by atoms with van der Waals surface area (Å²) in [6, 6.07) is 0.500. The maximum absolute atomic E-state index is 8.51. The zero-order valence-electron chi connectivity index (χ0n) is 5.62. The number of rotatable bonds is 0. The Morgan fingerprint density at radius 3 is 3.30 bits per heavy atom. The zero-order valence-corrected chi connectivity index (χ0v) is 5.62. The van der Waals surface area contributed by atoms with E-state index in [2.05, 4.69) is 23.8 Å². The second kappa shape index (κ2) is 1.99. The highest BCUT2D eigenvalue weighted by atomic mass is 15.5. The molecular weight excluding hydrogens is 126 g/mol. The lowest BCUT2D eigenvalue weighted by Crippen LogP contribution is -2.31. The monoisotopic (exact) mass is 135 g/mol. The van der Waals surface area contributed by atoms with Gasteiger partial charge in [-0.25, -0.2) is 10.4 Å². The Kier molecular flexibility index (Phi) is 1.15. The van der Waals surface area contributed by atoms with Crippen LogP contribution in [0, 0.1) is 17.4 Å². The molecule has 3 heteroatoms. The van der Waals surface area contributed by atoms with E-state index in [1.165, 1.54) is 0 Å². The van der Waals surface area contributed by atoms with Crippen molar-refractivity contribution in [1.82, 2.24) is 10.4 Å². The number of hydrogen-bond acceptors (Lipinski definition) is 3. The van der Waals surface area contributed by atoms with Gasteiger partial charge in [-0.15, -0.1) is 0 Å². The molecule has 52 valence electrons. The third-order valence-corrected chi connectivity index (χ3v) is 2.13. The first kappa shape index (κ1) is 5.75. The lowest BCUT2D eigenvalue weighted by molar-refractivity contribution is 0.344. The van der Waals surface area contributed by atoms with Crippen LogP contribution in [0.1, 0.15) is 6.42 Å². The molecule has 0 aromatic rings. The lowest BCUT2D eigenvalue weighted by atomic mass is 10.1. The van der Waals surface area contributed by atoms with Gasteiger partial charge in [-0.2, -0.15) is 5.26 Å². The summed E-state index contributed by atoms with van der Waals surface area (Å²) in [6.45, 7) is 0.845. The highest BCUT2D eigenvalue weighted by Gasteiger charge is 2.31. The highest BCUT2D eigenvalue weighted by Crippen LogP contribution is 2.23. The van der Waals surface area contributed by atoms with E-state index in [9.17, 15) is 0 Å². The van der Waals surface area contributed by atoms with Crippen molar-refractivity contribution in [2.45, 2.75) is 12.5 Å². The van der Waals surface area contributed by atoms with Gasteiger partial charge < -0.3 is 0 Å². The summed E-state index contributed by atoms with van der Waals surface area (Å²) in [5.41, 5.74) is 3.11. The van der Waals surface area contributed by atoms with Gasteiger partial charge in [-0.05, 0) is 6.42 Å². The average Bonchev–Trinajstić information content (AvgIpc) is 2.42. The largest absolute Gasteiger partial charge is 0.244 e. The molecule has 2 atom stereocenters. The summed E-state index contributed by atoms with van der Waals surface area (Å²) >= 11 is 0. The van der Waals surface area contributed by atoms with Crippen molar-refractivity contribution in [1.29, 1.82) is 5.26 Å². The summed E-state index contributed by atoms with van der Waals surface area (Å²) in [6.07, 6.45) is 7.52. The van der Waals surface area contributed by atoms with Gasteiger partial charge >= 0.3 is 0 Å². The van der Waals surface area contributed by atoms with Crippen molar-refractivity contribution in [3.63, 3.8) is 0 Å². The Labute approximate surface area is 59.9 Å². The Balaban J connectivity index is 2.07. The van der Waals surface area contributed by atoms with Crippen molar-refractivity contribution in [2.24, 2.45) is 5.92 Å². The van der Waals surface area contributed by atoms with Gasteiger partial charge in [0, 0.05) is 12.0 Å². The summed E-state index contributed by atoms with van der Waals surface area (Å²) in [5, 5.41) is 10.1. The zero-order chi connectivity index (χ0) is 6.97. The van der Waals surface area contributed by atoms with E-state index in [1.54, 1.807) is 5.01 Å². The van der Waals surface area contributed by atoms with Gasteiger partial charge in [0.1, 0.15) is 0 Å². The van der Waals surface area contributed by atoms with Crippen molar-refractivity contribution in [3.8, 4) is 6.19 Å². The second-order valence-electron chi connectivity index (χ2n) is 2.77. The molecule has 2 aliphatic rings. The molecule has 0 radical (unpaired) electrons. The quantitative estimate of drug-likeness (QED) is 0.382. The van der Waals surface area contributed by atoms with Crippen LogP contribution in [0.3, 0.4) is 0 Å². The van der Waals surface area contributed by atoms with E-state index in [4.69, 9.17) is 5.26 Å². The van der Waals surface area contributed by atoms with Gasteiger partial charge in [0.15, 0.2) is 6.19 Å². The average molecular weight is 135 g/mol. The third kappa shape index (κ3) is 0.695. The maximum Gasteiger partial charge on any atom is 0.195 e. The summed E-state index contributed by atoms with van der Waals surface area (Å²) < 4.78 is 0. The third-order valence-electron chi connectivity index (χ3n) is 2.13. The molecule has 1 aliphatic heterocycles. The summed E-state index contributed by atoms with van der Waals surface area (Å²) in [7, 11) is 0. The van der Waals surface area contributed by atoms with E-state index in [-0.39, 0.29) is 0 Å². The van der Waals surface area contributed by atoms with Gasteiger partial charge in [0.05, 0.1) is 6.54 Å². The molecule has 1 N–H and O–H groups in total. The van der Waals surface area contributed by atoms with Crippen LogP contribution in [0.4, 0.5) is 0 Å². The van der Waals surface area contributed by atoms with Gasteiger partial charge in [-0.3, -0.25) is 0 Å². The van der Waals surface area contributed by atoms with E-state index in [0.29, 0.717) is 12.0 Å². The second-order valence-corrected chi connectivity index (χ2v) is 2.77. The minimum atomic E-state index is 0.500. The van der Waals surface area contributed by atoms with Crippen molar-refractivity contribution in [3.05, 3.63) is 12.2 Å². The standard InChI is InChI=1S/C7H9N3/c8-5-10-4-6-2-1-3-7(6)9-10/h1-2,6-7,9H,3-4H2. The number of hydrogen-bond donors (Lipinski definition) is 1. The molecule has 1 saturated heterocycles. The predicted octanol–water partition coefficient (Wildman–Crippen LogP) is 0.232. The Bertz CT molecular complexity index is 203. The molecule has 0 aromatic heterocycles. The fourth-order valence-corrected chi connectivity index (χ4v) is 1.58. The van der Waals surface area contributed by atoms with Crippen LogP contribution < -0.4 is 5.43 Å². The topological polar surface area (TPSA) is 39.1 Å². The molecule has 1 fully saturated rings. The molecule has 0 amide bonds. The number of fused-ring (bicyclic) bond motifs is 1. The first-order valence-electron chi connectivity index (χ1n) is 3.50. The molecule has 2 unspecified atom stereocenters. The smallest absolute Gasteiger partial charge is 0.195 e. The van der Waals surface area contributed by atoms with E-state index < -0.39 is 0 Å². The molecule has 3 nitrogen and oxygen atoms in total. The van der Waals surface area contributed by atoms with Crippen LogP contribution in [0.15, 0.2) is 12.2 Å². The summed E-state index contributed by atoms with van der Waals surface area (Å²) in [5.74, 6) is 0.569. The lowest BCUT2D eigenvalue weighted by Gasteiger charge is -2.07. The molecule has 1 heterocycles. The Hall–Kier alpha value is -1.01. The minimum absolute atomic E-state index is 0.500. The van der Waals surface area contributed by atoms with E-state index >= 15 is 0 Å². The fourth-order valence-electron chi connectivity index (χ4n) is 1.58. The molecule has 0 spiro atoms. The molecule has 0 bridgehead atoms. The van der Waals surface area contributed by atoms with Crippen LogP contribution >= 0.6 is 0 Å². The van der Waals surface area contributed by atoms with Gasteiger partial charge in [-0.1, -0.05) is 12.2 Å². The van der Waals surface area contributed by atoms with E-state index in [0.717, 1.165) is 13.0 Å². The van der Waals surface area contributed by atoms with Crippen LogP contribution in [0.5, 0.6) is 0 Å². The number of nitrogens with zero attached hydrogens (tertiary/aromatic N) is 2. The Morgan fingerprint density at radius 1 is 1.70 bits per heavy atom. The van der Waals surface area contributed by atoms with Crippen molar-refractivity contribution < 1.29 is 0 Å². The highest BCUT2D eigenvalue weighted by molar-refractivity contribution is 5.09. The Morgan fingerprint density at radius 2 is 2.60 bits per heavy atom. The summed E-state index contributed by atoms with van der Waals surface area (Å²) in [4.78, 5) is 0. The first-order chi connectivity index (χ1) is 4.90. The maximum atomic E-state index is 8.51. The van der Waals surface area contributed by atoms with E-state index in [1.807, 2.05) is 0 Å². The number of nitriles is 1. The molecule has 0 saturated carbocycles. The molecule has 2 rings (SSSR count). The SMILES string of the molecule is N#CN1CC2C=CCC2N1. The first-order valence-corrected chi connectivity index (χ1v) is 3.50. The van der Waals surface area contributed by atoms with Gasteiger partial charge in [0.2, 0.25) is 0 Å². The number of nitrogens with one attached hydrogen (secondary N) is 1. The fraction of sp³-hybridized carbons (Fsp3) is 0.571.